The van der Waals surface area contributed by atoms with Crippen LogP contribution in [0.4, 0.5) is 14.5 Å². The van der Waals surface area contributed by atoms with Crippen LogP contribution in [0.15, 0.2) is 78.5 Å². The molecular weight excluding hydrogens is 398 g/mol. The number of likely N-dealkylation sites (N-methyl/N-ethyl adjacent to an activating group) is 1. The van der Waals surface area contributed by atoms with Crippen molar-refractivity contribution < 1.29 is 18.4 Å². The molecule has 0 fully saturated rings. The molecule has 0 spiro atoms. The average Bonchev–Trinajstić information content (AvgIpc) is 3.00. The fourth-order valence-corrected chi connectivity index (χ4v) is 3.67. The SMILES string of the molecule is Cc1ccc(C2=C(N(C)Cc3ccccc3)C(=O)N(c3ccc(F)cc3F)C2=O)cc1. The molecule has 0 saturated heterocycles. The lowest BCUT2D eigenvalue weighted by Gasteiger charge is -2.22. The standard InChI is InChI=1S/C25H20F2N2O2/c1-16-8-10-18(11-9-16)22-23(28(2)15-17-6-4-3-5-7-17)25(31)29(24(22)30)21-13-12-19(26)14-20(21)27/h3-14H,15H2,1-2H3. The third-order valence-corrected chi connectivity index (χ3v) is 5.19. The Kier molecular flexibility index (Phi) is 5.38. The number of anilines is 1. The Bertz CT molecular complexity index is 1190. The summed E-state index contributed by atoms with van der Waals surface area (Å²) in [6.07, 6.45) is 0. The Morgan fingerprint density at radius 1 is 0.871 bits per heavy atom. The first-order valence-corrected chi connectivity index (χ1v) is 9.77. The molecule has 0 radical (unpaired) electrons. The number of hydrogen-bond acceptors (Lipinski definition) is 3. The van der Waals surface area contributed by atoms with Gasteiger partial charge in [0.1, 0.15) is 17.3 Å². The van der Waals surface area contributed by atoms with E-state index >= 15 is 0 Å². The predicted molar refractivity (Wildman–Crippen MR) is 115 cm³/mol. The Morgan fingerprint density at radius 3 is 2.19 bits per heavy atom. The van der Waals surface area contributed by atoms with Crippen molar-refractivity contribution in [1.29, 1.82) is 0 Å². The summed E-state index contributed by atoms with van der Waals surface area (Å²) in [5.74, 6) is -3.05. The lowest BCUT2D eigenvalue weighted by molar-refractivity contribution is -0.120. The van der Waals surface area contributed by atoms with Gasteiger partial charge in [0.15, 0.2) is 0 Å². The van der Waals surface area contributed by atoms with Crippen LogP contribution >= 0.6 is 0 Å². The van der Waals surface area contributed by atoms with Crippen molar-refractivity contribution in [3.63, 3.8) is 0 Å². The Hall–Kier alpha value is -3.80. The molecule has 3 aromatic carbocycles. The average molecular weight is 418 g/mol. The molecular formula is C25H20F2N2O2. The number of amides is 2. The minimum absolute atomic E-state index is 0.168. The zero-order valence-electron chi connectivity index (χ0n) is 17.1. The summed E-state index contributed by atoms with van der Waals surface area (Å²) in [5.41, 5.74) is 2.59. The number of hydrogen-bond donors (Lipinski definition) is 0. The summed E-state index contributed by atoms with van der Waals surface area (Å²) in [7, 11) is 1.71. The van der Waals surface area contributed by atoms with Crippen molar-refractivity contribution in [3.8, 4) is 0 Å². The zero-order valence-corrected chi connectivity index (χ0v) is 17.1. The van der Waals surface area contributed by atoms with Gasteiger partial charge in [0.25, 0.3) is 11.8 Å². The van der Waals surface area contributed by atoms with Gasteiger partial charge >= 0.3 is 0 Å². The van der Waals surface area contributed by atoms with Gasteiger partial charge in [-0.3, -0.25) is 9.59 Å². The molecule has 0 unspecified atom stereocenters. The summed E-state index contributed by atoms with van der Waals surface area (Å²) in [6.45, 7) is 2.30. The summed E-state index contributed by atoms with van der Waals surface area (Å²) in [6, 6.07) is 19.5. The van der Waals surface area contributed by atoms with Crippen molar-refractivity contribution >= 4 is 23.1 Å². The van der Waals surface area contributed by atoms with E-state index in [1.165, 1.54) is 0 Å². The number of aryl methyl sites for hydroxylation is 1. The molecule has 0 N–H and O–H groups in total. The zero-order chi connectivity index (χ0) is 22.1. The van der Waals surface area contributed by atoms with Crippen molar-refractivity contribution in [2.45, 2.75) is 13.5 Å². The van der Waals surface area contributed by atoms with Crippen LogP contribution in [0.1, 0.15) is 16.7 Å². The van der Waals surface area contributed by atoms with Gasteiger partial charge in [0.05, 0.1) is 11.3 Å². The third-order valence-electron chi connectivity index (χ3n) is 5.19. The molecule has 4 nitrogen and oxygen atoms in total. The third kappa shape index (κ3) is 3.84. The molecule has 0 aliphatic carbocycles. The van der Waals surface area contributed by atoms with Gasteiger partial charge in [-0.15, -0.1) is 0 Å². The molecule has 0 atom stereocenters. The molecule has 2 amide bonds. The molecule has 6 heteroatoms. The second-order valence-corrected chi connectivity index (χ2v) is 7.47. The Labute approximate surface area is 179 Å². The highest BCUT2D eigenvalue weighted by Gasteiger charge is 2.42. The summed E-state index contributed by atoms with van der Waals surface area (Å²) >= 11 is 0. The van der Waals surface area contributed by atoms with Crippen LogP contribution in [0, 0.1) is 18.6 Å². The molecule has 3 aromatic rings. The molecule has 31 heavy (non-hydrogen) atoms. The van der Waals surface area contributed by atoms with E-state index in [1.807, 2.05) is 49.4 Å². The second kappa shape index (κ2) is 8.14. The molecule has 1 aliphatic rings. The first-order valence-electron chi connectivity index (χ1n) is 9.77. The number of halogens is 2. The first-order chi connectivity index (χ1) is 14.9. The fraction of sp³-hybridized carbons (Fsp3) is 0.120. The van der Waals surface area contributed by atoms with E-state index in [1.54, 1.807) is 24.1 Å². The fourth-order valence-electron chi connectivity index (χ4n) is 3.67. The van der Waals surface area contributed by atoms with Crippen LogP contribution in [0.2, 0.25) is 0 Å². The van der Waals surface area contributed by atoms with E-state index < -0.39 is 23.4 Å². The maximum atomic E-state index is 14.5. The maximum Gasteiger partial charge on any atom is 0.282 e. The van der Waals surface area contributed by atoms with Crippen LogP contribution in [0.5, 0.6) is 0 Å². The van der Waals surface area contributed by atoms with Gasteiger partial charge < -0.3 is 4.90 Å². The first kappa shape index (κ1) is 20.5. The number of carbonyl (C=O) groups is 2. The van der Waals surface area contributed by atoms with E-state index in [2.05, 4.69) is 0 Å². The number of nitrogens with zero attached hydrogens (tertiary/aromatic N) is 2. The van der Waals surface area contributed by atoms with Crippen molar-refractivity contribution in [2.75, 3.05) is 11.9 Å². The monoisotopic (exact) mass is 418 g/mol. The Morgan fingerprint density at radius 2 is 1.55 bits per heavy atom. The highest BCUT2D eigenvalue weighted by atomic mass is 19.1. The van der Waals surface area contributed by atoms with Gasteiger partial charge in [-0.2, -0.15) is 0 Å². The minimum Gasteiger partial charge on any atom is -0.365 e. The normalized spacial score (nSPS) is 13.9. The smallest absolute Gasteiger partial charge is 0.282 e. The highest BCUT2D eigenvalue weighted by molar-refractivity contribution is 6.45. The predicted octanol–water partition coefficient (Wildman–Crippen LogP) is 4.69. The molecule has 1 aliphatic heterocycles. The van der Waals surface area contributed by atoms with Crippen LogP contribution in [-0.4, -0.2) is 23.8 Å². The number of carbonyl (C=O) groups excluding carboxylic acids is 2. The molecule has 4 rings (SSSR count). The molecule has 1 heterocycles. The highest BCUT2D eigenvalue weighted by Crippen LogP contribution is 2.36. The van der Waals surface area contributed by atoms with Gasteiger partial charge in [0.2, 0.25) is 0 Å². The van der Waals surface area contributed by atoms with E-state index in [0.717, 1.165) is 28.2 Å². The van der Waals surface area contributed by atoms with Crippen LogP contribution in [-0.2, 0) is 16.1 Å². The van der Waals surface area contributed by atoms with Gasteiger partial charge in [-0.05, 0) is 30.2 Å². The summed E-state index contributed by atoms with van der Waals surface area (Å²) < 4.78 is 27.9. The van der Waals surface area contributed by atoms with Crippen molar-refractivity contribution in [2.24, 2.45) is 0 Å². The van der Waals surface area contributed by atoms with Gasteiger partial charge in [0, 0.05) is 19.7 Å². The van der Waals surface area contributed by atoms with Gasteiger partial charge in [-0.25, -0.2) is 13.7 Å². The van der Waals surface area contributed by atoms with E-state index in [4.69, 9.17) is 0 Å². The number of rotatable bonds is 5. The molecule has 156 valence electrons. The van der Waals surface area contributed by atoms with Crippen molar-refractivity contribution in [1.82, 2.24) is 4.90 Å². The number of imide groups is 1. The maximum absolute atomic E-state index is 14.5. The molecule has 0 saturated carbocycles. The molecule has 0 bridgehead atoms. The van der Waals surface area contributed by atoms with E-state index in [-0.39, 0.29) is 17.0 Å². The van der Waals surface area contributed by atoms with Crippen LogP contribution in [0.3, 0.4) is 0 Å². The van der Waals surface area contributed by atoms with Crippen LogP contribution < -0.4 is 4.90 Å². The van der Waals surface area contributed by atoms with Crippen LogP contribution in [0.25, 0.3) is 5.57 Å². The van der Waals surface area contributed by atoms with E-state index in [0.29, 0.717) is 18.2 Å². The quantitative estimate of drug-likeness (QED) is 0.565. The second-order valence-electron chi connectivity index (χ2n) is 7.47. The summed E-state index contributed by atoms with van der Waals surface area (Å²) in [4.78, 5) is 29.2. The summed E-state index contributed by atoms with van der Waals surface area (Å²) in [5, 5.41) is 0. The van der Waals surface area contributed by atoms with E-state index in [9.17, 15) is 18.4 Å². The minimum atomic E-state index is -0.975. The lowest BCUT2D eigenvalue weighted by Crippen LogP contribution is -2.34. The Balaban J connectivity index is 1.82. The topological polar surface area (TPSA) is 40.6 Å². The van der Waals surface area contributed by atoms with Gasteiger partial charge in [-0.1, -0.05) is 60.2 Å². The van der Waals surface area contributed by atoms with Crippen molar-refractivity contribution in [3.05, 3.63) is 107 Å². The largest absolute Gasteiger partial charge is 0.365 e. The lowest BCUT2D eigenvalue weighted by atomic mass is 10.0. The number of benzene rings is 3. The molecule has 0 aromatic heterocycles.